The number of carboxylic acid groups (broad SMARTS) is 1. The first-order chi connectivity index (χ1) is 7.63. The minimum absolute atomic E-state index is 0.0339. The van der Waals surface area contributed by atoms with E-state index in [9.17, 15) is 9.59 Å². The molecule has 86 valence electrons. The molecule has 1 aromatic rings. The van der Waals surface area contributed by atoms with E-state index in [-0.39, 0.29) is 18.1 Å². The van der Waals surface area contributed by atoms with Gasteiger partial charge in [0, 0.05) is 12.3 Å². The van der Waals surface area contributed by atoms with E-state index in [2.05, 4.69) is 5.32 Å². The van der Waals surface area contributed by atoms with Crippen LogP contribution in [0.3, 0.4) is 0 Å². The Hall–Kier alpha value is -1.88. The SMILES string of the molecule is CCOCC(=O)Nc1cccc(C(=O)O)c1. The van der Waals surface area contributed by atoms with Gasteiger partial charge in [-0.25, -0.2) is 4.79 Å². The first-order valence-corrected chi connectivity index (χ1v) is 4.84. The largest absolute Gasteiger partial charge is 0.478 e. The average Bonchev–Trinajstić information content (AvgIpc) is 2.26. The van der Waals surface area contributed by atoms with Crippen molar-refractivity contribution >= 4 is 17.6 Å². The topological polar surface area (TPSA) is 75.6 Å². The van der Waals surface area contributed by atoms with E-state index in [0.717, 1.165) is 0 Å². The van der Waals surface area contributed by atoms with Crippen LogP contribution in [0.2, 0.25) is 0 Å². The molecule has 0 radical (unpaired) electrons. The predicted octanol–water partition coefficient (Wildman–Crippen LogP) is 1.36. The molecule has 1 rings (SSSR count). The van der Waals surface area contributed by atoms with Crippen LogP contribution < -0.4 is 5.32 Å². The van der Waals surface area contributed by atoms with Crippen LogP contribution in [0.1, 0.15) is 17.3 Å². The van der Waals surface area contributed by atoms with Gasteiger partial charge in [0.1, 0.15) is 6.61 Å². The smallest absolute Gasteiger partial charge is 0.335 e. The minimum Gasteiger partial charge on any atom is -0.478 e. The van der Waals surface area contributed by atoms with Crippen molar-refractivity contribution in [3.05, 3.63) is 29.8 Å². The van der Waals surface area contributed by atoms with Gasteiger partial charge < -0.3 is 15.2 Å². The molecule has 0 aliphatic rings. The van der Waals surface area contributed by atoms with Crippen LogP contribution in [-0.4, -0.2) is 30.2 Å². The molecule has 0 fully saturated rings. The van der Waals surface area contributed by atoms with Gasteiger partial charge in [0.05, 0.1) is 5.56 Å². The van der Waals surface area contributed by atoms with Gasteiger partial charge in [0.25, 0.3) is 0 Å². The fourth-order valence-electron chi connectivity index (χ4n) is 1.12. The van der Waals surface area contributed by atoms with Gasteiger partial charge in [-0.15, -0.1) is 0 Å². The van der Waals surface area contributed by atoms with Crippen LogP contribution in [0.15, 0.2) is 24.3 Å². The minimum atomic E-state index is -1.03. The van der Waals surface area contributed by atoms with E-state index in [1.54, 1.807) is 19.1 Å². The molecule has 0 aliphatic heterocycles. The van der Waals surface area contributed by atoms with E-state index < -0.39 is 5.97 Å². The van der Waals surface area contributed by atoms with E-state index in [0.29, 0.717) is 12.3 Å². The monoisotopic (exact) mass is 223 g/mol. The number of carboxylic acids is 1. The van der Waals surface area contributed by atoms with Crippen LogP contribution >= 0.6 is 0 Å². The number of amides is 1. The highest BCUT2D eigenvalue weighted by Gasteiger charge is 2.05. The lowest BCUT2D eigenvalue weighted by atomic mass is 10.2. The fraction of sp³-hybridized carbons (Fsp3) is 0.273. The molecule has 0 aromatic heterocycles. The van der Waals surface area contributed by atoms with Crippen molar-refractivity contribution in [3.63, 3.8) is 0 Å². The summed E-state index contributed by atoms with van der Waals surface area (Å²) in [6, 6.07) is 6.04. The molecule has 0 unspecified atom stereocenters. The van der Waals surface area contributed by atoms with Crippen molar-refractivity contribution in [2.45, 2.75) is 6.92 Å². The van der Waals surface area contributed by atoms with Crippen LogP contribution in [0, 0.1) is 0 Å². The highest BCUT2D eigenvalue weighted by Crippen LogP contribution is 2.10. The van der Waals surface area contributed by atoms with Gasteiger partial charge in [-0.05, 0) is 25.1 Å². The molecule has 0 saturated heterocycles. The summed E-state index contributed by atoms with van der Waals surface area (Å²) in [6.45, 7) is 2.22. The number of anilines is 1. The van der Waals surface area contributed by atoms with Gasteiger partial charge in [0.2, 0.25) is 5.91 Å². The Morgan fingerprint density at radius 3 is 2.81 bits per heavy atom. The normalized spacial score (nSPS) is 9.81. The van der Waals surface area contributed by atoms with Crippen LogP contribution in [0.5, 0.6) is 0 Å². The van der Waals surface area contributed by atoms with Crippen LogP contribution in [0.25, 0.3) is 0 Å². The molecule has 5 nitrogen and oxygen atoms in total. The highest BCUT2D eigenvalue weighted by molar-refractivity contribution is 5.94. The lowest BCUT2D eigenvalue weighted by Gasteiger charge is -2.05. The predicted molar refractivity (Wildman–Crippen MR) is 58.5 cm³/mol. The maximum Gasteiger partial charge on any atom is 0.335 e. The summed E-state index contributed by atoms with van der Waals surface area (Å²) in [5.74, 6) is -1.33. The summed E-state index contributed by atoms with van der Waals surface area (Å²) < 4.78 is 4.92. The number of hydrogen-bond donors (Lipinski definition) is 2. The van der Waals surface area contributed by atoms with Crippen molar-refractivity contribution in [1.82, 2.24) is 0 Å². The number of nitrogens with one attached hydrogen (secondary N) is 1. The third kappa shape index (κ3) is 3.70. The van der Waals surface area contributed by atoms with Crippen molar-refractivity contribution in [3.8, 4) is 0 Å². The van der Waals surface area contributed by atoms with Crippen molar-refractivity contribution in [2.24, 2.45) is 0 Å². The Bertz CT molecular complexity index is 389. The molecule has 0 aliphatic carbocycles. The van der Waals surface area contributed by atoms with Crippen molar-refractivity contribution in [2.75, 3.05) is 18.5 Å². The van der Waals surface area contributed by atoms with Crippen molar-refractivity contribution in [1.29, 1.82) is 0 Å². The quantitative estimate of drug-likeness (QED) is 0.790. The fourth-order valence-corrected chi connectivity index (χ4v) is 1.12. The number of rotatable bonds is 5. The van der Waals surface area contributed by atoms with Gasteiger partial charge >= 0.3 is 5.97 Å². The molecule has 16 heavy (non-hydrogen) atoms. The molecule has 1 aromatic carbocycles. The zero-order valence-electron chi connectivity index (χ0n) is 8.90. The first-order valence-electron chi connectivity index (χ1n) is 4.84. The maximum absolute atomic E-state index is 11.3. The molecule has 0 spiro atoms. The zero-order chi connectivity index (χ0) is 12.0. The number of ether oxygens (including phenoxy) is 1. The summed E-state index contributed by atoms with van der Waals surface area (Å²) in [5.41, 5.74) is 0.582. The first kappa shape index (κ1) is 12.2. The van der Waals surface area contributed by atoms with Gasteiger partial charge in [-0.3, -0.25) is 4.79 Å². The maximum atomic E-state index is 11.3. The molecule has 0 atom stereocenters. The lowest BCUT2D eigenvalue weighted by molar-refractivity contribution is -0.120. The summed E-state index contributed by atoms with van der Waals surface area (Å²) in [5, 5.41) is 11.3. The summed E-state index contributed by atoms with van der Waals surface area (Å²) in [4.78, 5) is 21.9. The number of carbonyl (C=O) groups is 2. The van der Waals surface area contributed by atoms with Crippen molar-refractivity contribution < 1.29 is 19.4 Å². The Labute approximate surface area is 93.0 Å². The van der Waals surface area contributed by atoms with Gasteiger partial charge in [-0.2, -0.15) is 0 Å². The second-order valence-electron chi connectivity index (χ2n) is 3.07. The van der Waals surface area contributed by atoms with E-state index in [1.807, 2.05) is 0 Å². The summed E-state index contributed by atoms with van der Waals surface area (Å²) in [6.07, 6.45) is 0. The second kappa shape index (κ2) is 5.87. The van der Waals surface area contributed by atoms with Crippen LogP contribution in [-0.2, 0) is 9.53 Å². The molecule has 0 bridgehead atoms. The lowest BCUT2D eigenvalue weighted by Crippen LogP contribution is -2.18. The Morgan fingerprint density at radius 1 is 1.44 bits per heavy atom. The van der Waals surface area contributed by atoms with E-state index in [1.165, 1.54) is 12.1 Å². The molecule has 0 saturated carbocycles. The number of carbonyl (C=O) groups excluding carboxylic acids is 1. The molecule has 1 amide bonds. The summed E-state index contributed by atoms with van der Waals surface area (Å²) in [7, 11) is 0. The third-order valence-corrected chi connectivity index (χ3v) is 1.83. The summed E-state index contributed by atoms with van der Waals surface area (Å²) >= 11 is 0. The van der Waals surface area contributed by atoms with E-state index >= 15 is 0 Å². The van der Waals surface area contributed by atoms with Crippen LogP contribution in [0.4, 0.5) is 5.69 Å². The number of aromatic carboxylic acids is 1. The molecular formula is C11H13NO4. The molecular weight excluding hydrogens is 210 g/mol. The number of hydrogen-bond acceptors (Lipinski definition) is 3. The molecule has 2 N–H and O–H groups in total. The Morgan fingerprint density at radius 2 is 2.19 bits per heavy atom. The third-order valence-electron chi connectivity index (χ3n) is 1.83. The molecule has 5 heteroatoms. The highest BCUT2D eigenvalue weighted by atomic mass is 16.5. The Balaban J connectivity index is 2.63. The van der Waals surface area contributed by atoms with Gasteiger partial charge in [-0.1, -0.05) is 6.07 Å². The second-order valence-corrected chi connectivity index (χ2v) is 3.07. The van der Waals surface area contributed by atoms with Gasteiger partial charge in [0.15, 0.2) is 0 Å². The standard InChI is InChI=1S/C11H13NO4/c1-2-16-7-10(13)12-9-5-3-4-8(6-9)11(14)15/h3-6H,2,7H2,1H3,(H,12,13)(H,14,15). The average molecular weight is 223 g/mol. The Kier molecular flexibility index (Phi) is 4.47. The number of benzene rings is 1. The zero-order valence-corrected chi connectivity index (χ0v) is 8.90. The van der Waals surface area contributed by atoms with E-state index in [4.69, 9.17) is 9.84 Å². The molecule has 0 heterocycles.